The lowest BCUT2D eigenvalue weighted by molar-refractivity contribution is -0.115. The predicted molar refractivity (Wildman–Crippen MR) is 113 cm³/mol. The van der Waals surface area contributed by atoms with Crippen molar-refractivity contribution in [2.75, 3.05) is 32.1 Å². The number of aliphatic imine (C=N–C) groups is 1. The van der Waals surface area contributed by atoms with Crippen LogP contribution in [-0.4, -0.2) is 44.2 Å². The van der Waals surface area contributed by atoms with Crippen LogP contribution in [0.4, 0.5) is 5.69 Å². The SMILES string of the molecule is CCc1cccc(NC(=O)CNC(=NC)NCC2(C)CCCO2)c1.I. The third kappa shape index (κ3) is 7.19. The summed E-state index contributed by atoms with van der Waals surface area (Å²) >= 11 is 0. The topological polar surface area (TPSA) is 74.8 Å². The van der Waals surface area contributed by atoms with E-state index in [2.05, 4.69) is 34.8 Å². The zero-order valence-corrected chi connectivity index (χ0v) is 17.6. The van der Waals surface area contributed by atoms with Gasteiger partial charge in [-0.15, -0.1) is 24.0 Å². The van der Waals surface area contributed by atoms with Crippen molar-refractivity contribution in [3.05, 3.63) is 29.8 Å². The molecule has 1 aliphatic heterocycles. The van der Waals surface area contributed by atoms with Gasteiger partial charge < -0.3 is 20.7 Å². The molecule has 140 valence electrons. The first-order chi connectivity index (χ1) is 11.5. The highest BCUT2D eigenvalue weighted by Crippen LogP contribution is 2.23. The van der Waals surface area contributed by atoms with Gasteiger partial charge >= 0.3 is 0 Å². The Hall–Kier alpha value is -1.35. The molecule has 0 saturated carbocycles. The maximum absolute atomic E-state index is 12.1. The number of benzene rings is 1. The molecule has 1 amide bonds. The Labute approximate surface area is 167 Å². The largest absolute Gasteiger partial charge is 0.373 e. The van der Waals surface area contributed by atoms with Crippen LogP contribution in [0.1, 0.15) is 32.3 Å². The Balaban J connectivity index is 0.00000312. The van der Waals surface area contributed by atoms with E-state index in [1.165, 1.54) is 5.56 Å². The first kappa shape index (κ1) is 21.7. The second-order valence-corrected chi connectivity index (χ2v) is 6.28. The number of ether oxygens (including phenoxy) is 1. The monoisotopic (exact) mass is 460 g/mol. The number of aryl methyl sites for hydroxylation is 1. The molecule has 2 rings (SSSR count). The number of rotatable bonds is 6. The molecule has 6 nitrogen and oxygen atoms in total. The van der Waals surface area contributed by atoms with E-state index in [0.717, 1.165) is 31.6 Å². The van der Waals surface area contributed by atoms with Crippen molar-refractivity contribution in [2.24, 2.45) is 4.99 Å². The van der Waals surface area contributed by atoms with Crippen LogP contribution in [0.2, 0.25) is 0 Å². The number of amides is 1. The van der Waals surface area contributed by atoms with Crippen molar-refractivity contribution in [1.29, 1.82) is 0 Å². The molecule has 0 spiro atoms. The Bertz CT molecular complexity index is 586. The van der Waals surface area contributed by atoms with E-state index in [4.69, 9.17) is 4.74 Å². The molecule has 0 aliphatic carbocycles. The lowest BCUT2D eigenvalue weighted by Gasteiger charge is -2.24. The van der Waals surface area contributed by atoms with Gasteiger partial charge in [0.05, 0.1) is 12.1 Å². The number of hydrogen-bond donors (Lipinski definition) is 3. The molecular weight excluding hydrogens is 431 g/mol. The summed E-state index contributed by atoms with van der Waals surface area (Å²) in [5.74, 6) is 0.499. The first-order valence-corrected chi connectivity index (χ1v) is 8.52. The van der Waals surface area contributed by atoms with Crippen molar-refractivity contribution in [3.8, 4) is 0 Å². The molecule has 0 radical (unpaired) electrons. The molecular formula is C18H29IN4O2. The second-order valence-electron chi connectivity index (χ2n) is 6.28. The van der Waals surface area contributed by atoms with E-state index in [-0.39, 0.29) is 42.0 Å². The van der Waals surface area contributed by atoms with Crippen LogP contribution in [0.3, 0.4) is 0 Å². The number of halogens is 1. The fourth-order valence-electron chi connectivity index (χ4n) is 2.71. The summed E-state index contributed by atoms with van der Waals surface area (Å²) in [5.41, 5.74) is 1.86. The highest BCUT2D eigenvalue weighted by atomic mass is 127. The van der Waals surface area contributed by atoms with E-state index in [1.54, 1.807) is 7.05 Å². The van der Waals surface area contributed by atoms with Gasteiger partial charge in [0.2, 0.25) is 5.91 Å². The summed E-state index contributed by atoms with van der Waals surface area (Å²) in [6.45, 7) is 5.82. The molecule has 3 N–H and O–H groups in total. The Morgan fingerprint density at radius 1 is 1.36 bits per heavy atom. The van der Waals surface area contributed by atoms with E-state index in [0.29, 0.717) is 12.5 Å². The zero-order chi connectivity index (χ0) is 17.4. The number of guanidine groups is 1. The maximum atomic E-state index is 12.1. The van der Waals surface area contributed by atoms with Gasteiger partial charge in [-0.05, 0) is 43.9 Å². The molecule has 1 aromatic carbocycles. The van der Waals surface area contributed by atoms with Crippen molar-refractivity contribution in [3.63, 3.8) is 0 Å². The molecule has 1 unspecified atom stereocenters. The minimum atomic E-state index is -0.152. The predicted octanol–water partition coefficient (Wildman–Crippen LogP) is 2.54. The average Bonchev–Trinajstić information content (AvgIpc) is 3.02. The summed E-state index contributed by atoms with van der Waals surface area (Å²) < 4.78 is 5.74. The van der Waals surface area contributed by atoms with Crippen LogP contribution < -0.4 is 16.0 Å². The van der Waals surface area contributed by atoms with E-state index >= 15 is 0 Å². The van der Waals surface area contributed by atoms with E-state index in [9.17, 15) is 4.79 Å². The van der Waals surface area contributed by atoms with Gasteiger partial charge in [-0.2, -0.15) is 0 Å². The fraction of sp³-hybridized carbons (Fsp3) is 0.556. The van der Waals surface area contributed by atoms with Crippen LogP contribution in [0, 0.1) is 0 Å². The summed E-state index contributed by atoms with van der Waals surface area (Å²) in [5, 5.41) is 9.15. The number of hydrogen-bond acceptors (Lipinski definition) is 3. The molecule has 7 heteroatoms. The van der Waals surface area contributed by atoms with Crippen LogP contribution >= 0.6 is 24.0 Å². The van der Waals surface area contributed by atoms with Gasteiger partial charge in [-0.25, -0.2) is 0 Å². The van der Waals surface area contributed by atoms with Gasteiger partial charge in [0, 0.05) is 25.9 Å². The minimum absolute atomic E-state index is 0. The van der Waals surface area contributed by atoms with E-state index < -0.39 is 0 Å². The number of carbonyl (C=O) groups is 1. The lowest BCUT2D eigenvalue weighted by Crippen LogP contribution is -2.47. The summed E-state index contributed by atoms with van der Waals surface area (Å²) in [7, 11) is 1.69. The second kappa shape index (κ2) is 10.6. The smallest absolute Gasteiger partial charge is 0.243 e. The molecule has 25 heavy (non-hydrogen) atoms. The highest BCUT2D eigenvalue weighted by Gasteiger charge is 2.29. The van der Waals surface area contributed by atoms with Gasteiger partial charge in [0.1, 0.15) is 0 Å². The molecule has 1 heterocycles. The zero-order valence-electron chi connectivity index (χ0n) is 15.2. The third-order valence-corrected chi connectivity index (χ3v) is 4.19. The molecule has 0 aromatic heterocycles. The van der Waals surface area contributed by atoms with Gasteiger partial charge in [0.15, 0.2) is 5.96 Å². The third-order valence-electron chi connectivity index (χ3n) is 4.19. The van der Waals surface area contributed by atoms with Crippen molar-refractivity contribution in [2.45, 2.75) is 38.7 Å². The Kier molecular flexibility index (Phi) is 9.20. The lowest BCUT2D eigenvalue weighted by atomic mass is 10.0. The summed E-state index contributed by atoms with van der Waals surface area (Å²) in [6.07, 6.45) is 3.06. The standard InChI is InChI=1S/C18H28N4O2.HI/c1-4-14-7-5-8-15(11-14)22-16(23)12-20-17(19-3)21-13-18(2)9-6-10-24-18;/h5,7-8,11H,4,6,9-10,12-13H2,1-3H3,(H,22,23)(H2,19,20,21);1H. The van der Waals surface area contributed by atoms with Crippen molar-refractivity contribution < 1.29 is 9.53 Å². The van der Waals surface area contributed by atoms with Crippen molar-refractivity contribution in [1.82, 2.24) is 10.6 Å². The molecule has 1 aromatic rings. The molecule has 1 fully saturated rings. The molecule has 1 aliphatic rings. The first-order valence-electron chi connectivity index (χ1n) is 8.52. The number of nitrogens with zero attached hydrogens (tertiary/aromatic N) is 1. The number of nitrogens with one attached hydrogen (secondary N) is 3. The average molecular weight is 460 g/mol. The number of carbonyl (C=O) groups excluding carboxylic acids is 1. The molecule has 1 saturated heterocycles. The summed E-state index contributed by atoms with van der Waals surface area (Å²) in [4.78, 5) is 16.2. The van der Waals surface area contributed by atoms with Crippen LogP contribution in [0.5, 0.6) is 0 Å². The van der Waals surface area contributed by atoms with Gasteiger partial charge in [0.25, 0.3) is 0 Å². The Morgan fingerprint density at radius 3 is 2.80 bits per heavy atom. The molecule has 1 atom stereocenters. The van der Waals surface area contributed by atoms with Crippen LogP contribution in [0.15, 0.2) is 29.3 Å². The summed E-state index contributed by atoms with van der Waals surface area (Å²) in [6, 6.07) is 7.88. The fourth-order valence-corrected chi connectivity index (χ4v) is 2.71. The van der Waals surface area contributed by atoms with E-state index in [1.807, 2.05) is 24.3 Å². The van der Waals surface area contributed by atoms with Gasteiger partial charge in [-0.1, -0.05) is 19.1 Å². The van der Waals surface area contributed by atoms with Crippen LogP contribution in [-0.2, 0) is 16.0 Å². The minimum Gasteiger partial charge on any atom is -0.373 e. The van der Waals surface area contributed by atoms with Crippen LogP contribution in [0.25, 0.3) is 0 Å². The van der Waals surface area contributed by atoms with Crippen molar-refractivity contribution >= 4 is 41.5 Å². The highest BCUT2D eigenvalue weighted by molar-refractivity contribution is 14.0. The quantitative estimate of drug-likeness (QED) is 0.347. The maximum Gasteiger partial charge on any atom is 0.243 e. The Morgan fingerprint density at radius 2 is 2.16 bits per heavy atom. The molecule has 0 bridgehead atoms. The van der Waals surface area contributed by atoms with Gasteiger partial charge in [-0.3, -0.25) is 9.79 Å². The normalized spacial score (nSPS) is 19.9. The number of anilines is 1.